The molecule has 0 N–H and O–H groups in total. The quantitative estimate of drug-likeness (QED) is 0.679. The maximum absolute atomic E-state index is 12.7. The monoisotopic (exact) mass is 275 g/mol. The van der Waals surface area contributed by atoms with E-state index < -0.39 is 11.9 Å². The molecule has 0 aliphatic heterocycles. The molecule has 2 heterocycles. The first-order valence-electron chi connectivity index (χ1n) is 5.79. The Kier molecular flexibility index (Phi) is 2.85. The zero-order valence-electron chi connectivity index (χ0n) is 10.1. The van der Waals surface area contributed by atoms with Crippen molar-refractivity contribution >= 4 is 10.8 Å². The number of benzene rings is 1. The summed E-state index contributed by atoms with van der Waals surface area (Å²) in [5.74, 6) is 0.0524. The molecule has 0 spiro atoms. The van der Waals surface area contributed by atoms with Gasteiger partial charge in [-0.2, -0.15) is 13.2 Å². The Balaban J connectivity index is 2.21. The second kappa shape index (κ2) is 4.56. The molecule has 0 aliphatic carbocycles. The van der Waals surface area contributed by atoms with Crippen LogP contribution in [0.2, 0.25) is 0 Å². The molecule has 20 heavy (non-hydrogen) atoms. The van der Waals surface area contributed by atoms with E-state index in [-0.39, 0.29) is 5.82 Å². The summed E-state index contributed by atoms with van der Waals surface area (Å²) < 4.78 is 38.1. The van der Waals surface area contributed by atoms with Gasteiger partial charge in [0.25, 0.3) is 0 Å². The largest absolute Gasteiger partial charge is 0.433 e. The predicted molar refractivity (Wildman–Crippen MR) is 67.8 cm³/mol. The summed E-state index contributed by atoms with van der Waals surface area (Å²) in [5, 5.41) is 1.59. The number of halogens is 3. The Hall–Kier alpha value is -2.50. The van der Waals surface area contributed by atoms with E-state index in [0.29, 0.717) is 5.56 Å². The lowest BCUT2D eigenvalue weighted by Crippen LogP contribution is -2.09. The smallest absolute Gasteiger partial charge is 0.264 e. The van der Waals surface area contributed by atoms with Crippen molar-refractivity contribution in [2.24, 2.45) is 0 Å². The summed E-state index contributed by atoms with van der Waals surface area (Å²) in [6.07, 6.45) is -0.138. The molecule has 0 saturated heterocycles. The van der Waals surface area contributed by atoms with Gasteiger partial charge in [0.05, 0.1) is 0 Å². The van der Waals surface area contributed by atoms with E-state index in [1.54, 1.807) is 30.6 Å². The van der Waals surface area contributed by atoms with Crippen LogP contribution in [0.25, 0.3) is 22.2 Å². The molecular formula is C14H8F3N3. The Bertz CT molecular complexity index is 763. The summed E-state index contributed by atoms with van der Waals surface area (Å²) in [6.45, 7) is 0. The number of pyridine rings is 1. The van der Waals surface area contributed by atoms with Crippen LogP contribution in [0.5, 0.6) is 0 Å². The molecule has 0 unspecified atom stereocenters. The summed E-state index contributed by atoms with van der Waals surface area (Å²) in [7, 11) is 0. The predicted octanol–water partition coefficient (Wildman–Crippen LogP) is 3.71. The molecule has 0 saturated carbocycles. The highest BCUT2D eigenvalue weighted by Gasteiger charge is 2.32. The number of fused-ring (bicyclic) bond motifs is 1. The van der Waals surface area contributed by atoms with Crippen molar-refractivity contribution in [2.75, 3.05) is 0 Å². The van der Waals surface area contributed by atoms with Gasteiger partial charge in [0, 0.05) is 29.5 Å². The molecule has 100 valence electrons. The number of rotatable bonds is 1. The fourth-order valence-electron chi connectivity index (χ4n) is 1.96. The van der Waals surface area contributed by atoms with Crippen molar-refractivity contribution in [3.63, 3.8) is 0 Å². The van der Waals surface area contributed by atoms with Gasteiger partial charge < -0.3 is 0 Å². The second-order valence-corrected chi connectivity index (χ2v) is 4.17. The van der Waals surface area contributed by atoms with Crippen molar-refractivity contribution in [2.45, 2.75) is 6.18 Å². The van der Waals surface area contributed by atoms with E-state index in [1.807, 2.05) is 6.07 Å². The molecular weight excluding hydrogens is 267 g/mol. The van der Waals surface area contributed by atoms with E-state index in [1.165, 1.54) is 0 Å². The number of hydrogen-bond donors (Lipinski definition) is 0. The first-order chi connectivity index (χ1) is 9.55. The minimum absolute atomic E-state index is 0.0524. The molecule has 0 bridgehead atoms. The highest BCUT2D eigenvalue weighted by atomic mass is 19.4. The molecule has 0 atom stereocenters. The van der Waals surface area contributed by atoms with Gasteiger partial charge in [-0.05, 0) is 17.5 Å². The maximum Gasteiger partial charge on any atom is 0.433 e. The molecule has 1 aromatic carbocycles. The standard InChI is InChI=1S/C14H8F3N3/c15-14(16,17)12-5-7-19-13(20-12)11-3-1-2-9-8-18-6-4-10(9)11/h1-8H. The number of hydrogen-bond acceptors (Lipinski definition) is 3. The Morgan fingerprint density at radius 1 is 0.950 bits per heavy atom. The third-order valence-electron chi connectivity index (χ3n) is 2.87. The van der Waals surface area contributed by atoms with Crippen molar-refractivity contribution in [3.8, 4) is 11.4 Å². The van der Waals surface area contributed by atoms with Gasteiger partial charge in [-0.25, -0.2) is 9.97 Å². The second-order valence-electron chi connectivity index (χ2n) is 4.17. The summed E-state index contributed by atoms with van der Waals surface area (Å²) in [6, 6.07) is 7.85. The third-order valence-corrected chi connectivity index (χ3v) is 2.87. The van der Waals surface area contributed by atoms with Crippen molar-refractivity contribution < 1.29 is 13.2 Å². The van der Waals surface area contributed by atoms with Gasteiger partial charge in [0.2, 0.25) is 0 Å². The zero-order chi connectivity index (χ0) is 14.2. The first kappa shape index (κ1) is 12.5. The van der Waals surface area contributed by atoms with Gasteiger partial charge in [0.1, 0.15) is 5.69 Å². The molecule has 3 rings (SSSR count). The maximum atomic E-state index is 12.7. The molecule has 0 radical (unpaired) electrons. The van der Waals surface area contributed by atoms with Crippen LogP contribution in [0.3, 0.4) is 0 Å². The van der Waals surface area contributed by atoms with Gasteiger partial charge in [-0.1, -0.05) is 18.2 Å². The van der Waals surface area contributed by atoms with Crippen LogP contribution < -0.4 is 0 Å². The third kappa shape index (κ3) is 2.20. The number of nitrogens with zero attached hydrogens (tertiary/aromatic N) is 3. The van der Waals surface area contributed by atoms with E-state index in [2.05, 4.69) is 15.0 Å². The lowest BCUT2D eigenvalue weighted by atomic mass is 10.1. The van der Waals surface area contributed by atoms with Crippen LogP contribution in [0.15, 0.2) is 48.9 Å². The normalized spacial score (nSPS) is 11.8. The topological polar surface area (TPSA) is 38.7 Å². The fraction of sp³-hybridized carbons (Fsp3) is 0.0714. The van der Waals surface area contributed by atoms with Gasteiger partial charge >= 0.3 is 6.18 Å². The van der Waals surface area contributed by atoms with Gasteiger partial charge in [-0.15, -0.1) is 0 Å². The molecule has 0 fully saturated rings. The first-order valence-corrected chi connectivity index (χ1v) is 5.79. The van der Waals surface area contributed by atoms with Crippen LogP contribution >= 0.6 is 0 Å². The average Bonchev–Trinajstić information content (AvgIpc) is 2.46. The number of aromatic nitrogens is 3. The number of alkyl halides is 3. The zero-order valence-corrected chi connectivity index (χ0v) is 10.1. The summed E-state index contributed by atoms with van der Waals surface area (Å²) in [4.78, 5) is 11.5. The summed E-state index contributed by atoms with van der Waals surface area (Å²) in [5.41, 5.74) is -0.399. The Morgan fingerprint density at radius 2 is 1.80 bits per heavy atom. The average molecular weight is 275 g/mol. The molecule has 3 nitrogen and oxygen atoms in total. The van der Waals surface area contributed by atoms with Gasteiger partial charge in [-0.3, -0.25) is 4.98 Å². The van der Waals surface area contributed by atoms with Crippen LogP contribution in [0.4, 0.5) is 13.2 Å². The van der Waals surface area contributed by atoms with Crippen LogP contribution in [0.1, 0.15) is 5.69 Å². The SMILES string of the molecule is FC(F)(F)c1ccnc(-c2cccc3cnccc23)n1. The fourth-order valence-corrected chi connectivity index (χ4v) is 1.96. The van der Waals surface area contributed by atoms with Crippen molar-refractivity contribution in [3.05, 3.63) is 54.6 Å². The molecule has 0 amide bonds. The van der Waals surface area contributed by atoms with Crippen LogP contribution in [-0.4, -0.2) is 15.0 Å². The Morgan fingerprint density at radius 3 is 2.60 bits per heavy atom. The van der Waals surface area contributed by atoms with Crippen molar-refractivity contribution in [1.82, 2.24) is 15.0 Å². The Labute approximate surface area is 112 Å². The van der Waals surface area contributed by atoms with E-state index >= 15 is 0 Å². The lowest BCUT2D eigenvalue weighted by Gasteiger charge is -2.08. The van der Waals surface area contributed by atoms with Crippen LogP contribution in [0, 0.1) is 0 Å². The molecule has 6 heteroatoms. The van der Waals surface area contributed by atoms with Crippen molar-refractivity contribution in [1.29, 1.82) is 0 Å². The van der Waals surface area contributed by atoms with E-state index in [9.17, 15) is 13.2 Å². The van der Waals surface area contributed by atoms with Gasteiger partial charge in [0.15, 0.2) is 5.82 Å². The lowest BCUT2D eigenvalue weighted by molar-refractivity contribution is -0.141. The summed E-state index contributed by atoms with van der Waals surface area (Å²) >= 11 is 0. The van der Waals surface area contributed by atoms with Crippen LogP contribution in [-0.2, 0) is 6.18 Å². The minimum atomic E-state index is -4.48. The molecule has 3 aromatic rings. The highest BCUT2D eigenvalue weighted by molar-refractivity contribution is 5.94. The minimum Gasteiger partial charge on any atom is -0.264 e. The molecule has 2 aromatic heterocycles. The van der Waals surface area contributed by atoms with E-state index in [4.69, 9.17) is 0 Å². The van der Waals surface area contributed by atoms with E-state index in [0.717, 1.165) is 23.0 Å². The highest BCUT2D eigenvalue weighted by Crippen LogP contribution is 2.30. The molecule has 0 aliphatic rings.